The molecule has 0 unspecified atom stereocenters. The lowest BCUT2D eigenvalue weighted by molar-refractivity contribution is 0.559. The minimum atomic E-state index is -0.0599. The van der Waals surface area contributed by atoms with Crippen LogP contribution >= 0.6 is 38.9 Å². The van der Waals surface area contributed by atoms with Crippen molar-refractivity contribution in [2.75, 3.05) is 0 Å². The molecular weight excluding hydrogens is 332 g/mol. The largest absolute Gasteiger partial charge is 0.236 e. The molecular formula is C13H14BrClN2S. The molecule has 0 N–H and O–H groups in total. The minimum absolute atomic E-state index is 0.0599. The van der Waals surface area contributed by atoms with Crippen LogP contribution in [-0.2, 0) is 11.8 Å². The van der Waals surface area contributed by atoms with E-state index >= 15 is 0 Å². The average molecular weight is 346 g/mol. The van der Waals surface area contributed by atoms with Gasteiger partial charge in [0.1, 0.15) is 11.0 Å². The molecule has 18 heavy (non-hydrogen) atoms. The Morgan fingerprint density at radius 1 is 1.33 bits per heavy atom. The summed E-state index contributed by atoms with van der Waals surface area (Å²) in [5.74, 6) is 0.774. The zero-order valence-corrected chi connectivity index (χ0v) is 13.7. The van der Waals surface area contributed by atoms with E-state index in [0.29, 0.717) is 5.15 Å². The summed E-state index contributed by atoms with van der Waals surface area (Å²) >= 11 is 11.4. The van der Waals surface area contributed by atoms with Crippen molar-refractivity contribution < 1.29 is 0 Å². The molecule has 96 valence electrons. The highest BCUT2D eigenvalue weighted by molar-refractivity contribution is 9.10. The highest BCUT2D eigenvalue weighted by Crippen LogP contribution is 2.32. The maximum atomic E-state index is 6.17. The molecule has 0 amide bonds. The zero-order chi connectivity index (χ0) is 13.3. The van der Waals surface area contributed by atoms with Crippen LogP contribution in [0.4, 0.5) is 0 Å². The van der Waals surface area contributed by atoms with E-state index in [9.17, 15) is 0 Å². The van der Waals surface area contributed by atoms with Gasteiger partial charge >= 0.3 is 0 Å². The van der Waals surface area contributed by atoms with Crippen LogP contribution in [0.25, 0.3) is 0 Å². The number of halogens is 2. The molecule has 0 radical (unpaired) electrons. The van der Waals surface area contributed by atoms with E-state index < -0.39 is 0 Å². The summed E-state index contributed by atoms with van der Waals surface area (Å²) < 4.78 is 0.798. The number of thiophene rings is 1. The molecule has 2 heterocycles. The Morgan fingerprint density at radius 3 is 2.61 bits per heavy atom. The van der Waals surface area contributed by atoms with Crippen molar-refractivity contribution in [2.24, 2.45) is 0 Å². The van der Waals surface area contributed by atoms with Crippen LogP contribution in [0, 0.1) is 0 Å². The van der Waals surface area contributed by atoms with Gasteiger partial charge in [-0.2, -0.15) is 0 Å². The summed E-state index contributed by atoms with van der Waals surface area (Å²) in [4.78, 5) is 10.2. The first-order chi connectivity index (χ1) is 8.38. The molecule has 2 aromatic rings. The van der Waals surface area contributed by atoms with Gasteiger partial charge in [-0.05, 0) is 27.4 Å². The van der Waals surface area contributed by atoms with E-state index in [1.807, 2.05) is 6.07 Å². The SMILES string of the molecule is CC(C)(C)c1nc(Cc2cccs2)nc(Cl)c1Br. The van der Waals surface area contributed by atoms with Crippen LogP contribution < -0.4 is 0 Å². The van der Waals surface area contributed by atoms with Crippen molar-refractivity contribution in [3.8, 4) is 0 Å². The molecule has 2 aromatic heterocycles. The summed E-state index contributed by atoms with van der Waals surface area (Å²) in [6.07, 6.45) is 0.730. The highest BCUT2D eigenvalue weighted by atomic mass is 79.9. The molecule has 0 aromatic carbocycles. The molecule has 2 rings (SSSR count). The Balaban J connectivity index is 2.41. The fourth-order valence-corrected chi connectivity index (χ4v) is 3.27. The quantitative estimate of drug-likeness (QED) is 0.728. The van der Waals surface area contributed by atoms with Crippen molar-refractivity contribution in [1.29, 1.82) is 0 Å². The van der Waals surface area contributed by atoms with E-state index in [-0.39, 0.29) is 5.41 Å². The Hall–Kier alpha value is -0.450. The van der Waals surface area contributed by atoms with Gasteiger partial charge in [0.2, 0.25) is 0 Å². The normalized spacial score (nSPS) is 11.8. The standard InChI is InChI=1S/C13H14BrClN2S/c1-13(2,3)11-10(14)12(15)17-9(16-11)7-8-5-4-6-18-8/h4-6H,7H2,1-3H3. The lowest BCUT2D eigenvalue weighted by atomic mass is 9.92. The van der Waals surface area contributed by atoms with E-state index in [1.165, 1.54) is 4.88 Å². The molecule has 0 spiro atoms. The molecule has 2 nitrogen and oxygen atoms in total. The first-order valence-electron chi connectivity index (χ1n) is 5.62. The van der Waals surface area contributed by atoms with Gasteiger partial charge in [0.05, 0.1) is 10.2 Å². The smallest absolute Gasteiger partial charge is 0.147 e. The second-order valence-corrected chi connectivity index (χ2v) is 7.28. The van der Waals surface area contributed by atoms with Gasteiger partial charge in [-0.3, -0.25) is 0 Å². The van der Waals surface area contributed by atoms with Gasteiger partial charge < -0.3 is 0 Å². The maximum absolute atomic E-state index is 6.17. The van der Waals surface area contributed by atoms with Gasteiger partial charge in [-0.25, -0.2) is 9.97 Å². The molecule has 0 saturated heterocycles. The summed E-state index contributed by atoms with van der Waals surface area (Å²) in [6, 6.07) is 4.12. The Kier molecular flexibility index (Phi) is 4.09. The van der Waals surface area contributed by atoms with E-state index in [2.05, 4.69) is 58.1 Å². The van der Waals surface area contributed by atoms with Crippen LogP contribution in [0.5, 0.6) is 0 Å². The van der Waals surface area contributed by atoms with Crippen molar-refractivity contribution in [3.05, 3.63) is 43.5 Å². The van der Waals surface area contributed by atoms with Gasteiger partial charge in [0.25, 0.3) is 0 Å². The summed E-state index contributed by atoms with van der Waals surface area (Å²) in [6.45, 7) is 6.35. The van der Waals surface area contributed by atoms with Gasteiger partial charge in [-0.15, -0.1) is 11.3 Å². The van der Waals surface area contributed by atoms with Crippen LogP contribution in [0.1, 0.15) is 37.2 Å². The number of aromatic nitrogens is 2. The number of hydrogen-bond acceptors (Lipinski definition) is 3. The maximum Gasteiger partial charge on any atom is 0.147 e. The highest BCUT2D eigenvalue weighted by Gasteiger charge is 2.22. The van der Waals surface area contributed by atoms with Gasteiger partial charge in [0.15, 0.2) is 0 Å². The van der Waals surface area contributed by atoms with Crippen LogP contribution in [0.15, 0.2) is 22.0 Å². The number of rotatable bonds is 2. The molecule has 0 aliphatic carbocycles. The first kappa shape index (κ1) is 14.0. The fraction of sp³-hybridized carbons (Fsp3) is 0.385. The van der Waals surface area contributed by atoms with Crippen molar-refractivity contribution >= 4 is 38.9 Å². The first-order valence-corrected chi connectivity index (χ1v) is 7.68. The molecule has 5 heteroatoms. The fourth-order valence-electron chi connectivity index (χ4n) is 1.61. The molecule has 0 aliphatic rings. The molecule has 0 bridgehead atoms. The van der Waals surface area contributed by atoms with Crippen LogP contribution in [0.2, 0.25) is 5.15 Å². The Bertz CT molecular complexity index is 547. The molecule has 0 fully saturated rings. The monoisotopic (exact) mass is 344 g/mol. The van der Waals surface area contributed by atoms with Gasteiger partial charge in [0, 0.05) is 16.7 Å². The molecule has 0 aliphatic heterocycles. The lowest BCUT2D eigenvalue weighted by Crippen LogP contribution is -2.17. The third-order valence-electron chi connectivity index (χ3n) is 2.48. The van der Waals surface area contributed by atoms with Crippen molar-refractivity contribution in [1.82, 2.24) is 9.97 Å². The van der Waals surface area contributed by atoms with Crippen molar-refractivity contribution in [2.45, 2.75) is 32.6 Å². The molecule has 0 atom stereocenters. The Morgan fingerprint density at radius 2 is 2.06 bits per heavy atom. The van der Waals surface area contributed by atoms with E-state index in [1.54, 1.807) is 11.3 Å². The third kappa shape index (κ3) is 3.11. The molecule has 0 saturated carbocycles. The van der Waals surface area contributed by atoms with E-state index in [0.717, 1.165) is 22.4 Å². The average Bonchev–Trinajstić information content (AvgIpc) is 2.74. The topological polar surface area (TPSA) is 25.8 Å². The van der Waals surface area contributed by atoms with Crippen LogP contribution in [0.3, 0.4) is 0 Å². The van der Waals surface area contributed by atoms with Crippen molar-refractivity contribution in [3.63, 3.8) is 0 Å². The lowest BCUT2D eigenvalue weighted by Gasteiger charge is -2.20. The second kappa shape index (κ2) is 5.27. The number of nitrogens with zero attached hydrogens (tertiary/aromatic N) is 2. The second-order valence-electron chi connectivity index (χ2n) is 5.10. The summed E-state index contributed by atoms with van der Waals surface area (Å²) in [5, 5.41) is 2.54. The zero-order valence-electron chi connectivity index (χ0n) is 10.5. The van der Waals surface area contributed by atoms with E-state index in [4.69, 9.17) is 11.6 Å². The number of hydrogen-bond donors (Lipinski definition) is 0. The Labute approximate surface area is 125 Å². The van der Waals surface area contributed by atoms with Gasteiger partial charge in [-0.1, -0.05) is 38.4 Å². The predicted octanol–water partition coefficient (Wildman–Crippen LogP) is 4.84. The van der Waals surface area contributed by atoms with Crippen LogP contribution in [-0.4, -0.2) is 9.97 Å². The minimum Gasteiger partial charge on any atom is -0.236 e. The summed E-state index contributed by atoms with van der Waals surface area (Å²) in [5.41, 5.74) is 0.893. The third-order valence-corrected chi connectivity index (χ3v) is 4.61. The predicted molar refractivity (Wildman–Crippen MR) is 80.6 cm³/mol. The summed E-state index contributed by atoms with van der Waals surface area (Å²) in [7, 11) is 0.